The Balaban J connectivity index is 2.03. The second-order valence-corrected chi connectivity index (χ2v) is 6.01. The number of rotatable bonds is 1. The summed E-state index contributed by atoms with van der Waals surface area (Å²) in [4.78, 5) is 24.6. The van der Waals surface area contributed by atoms with Crippen LogP contribution in [0.15, 0.2) is 70.4 Å². The Kier molecular flexibility index (Phi) is 3.13. The van der Waals surface area contributed by atoms with E-state index in [2.05, 4.69) is 0 Å². The number of aromatic nitrogens is 2. The molecule has 0 radical (unpaired) electrons. The molecule has 0 saturated carbocycles. The maximum absolute atomic E-state index is 12.8. The lowest BCUT2D eigenvalue weighted by Gasteiger charge is -2.12. The van der Waals surface area contributed by atoms with E-state index in [1.54, 1.807) is 28.3 Å². The van der Waals surface area contributed by atoms with Gasteiger partial charge >= 0.3 is 0 Å². The molecular weight excluding hydrogens is 300 g/mol. The van der Waals surface area contributed by atoms with E-state index in [4.69, 9.17) is 0 Å². The van der Waals surface area contributed by atoms with Crippen LogP contribution in [0.2, 0.25) is 0 Å². The van der Waals surface area contributed by atoms with Gasteiger partial charge in [-0.05, 0) is 48.2 Å². The number of hydrogen-bond donors (Lipinski definition) is 0. The van der Waals surface area contributed by atoms with Crippen molar-refractivity contribution < 1.29 is 0 Å². The van der Waals surface area contributed by atoms with Crippen LogP contribution in [-0.2, 0) is 7.05 Å². The largest absolute Gasteiger partial charge is 0.311 e. The summed E-state index contributed by atoms with van der Waals surface area (Å²) in [6.07, 6.45) is 1.87. The van der Waals surface area contributed by atoms with Crippen molar-refractivity contribution in [3.05, 3.63) is 87.1 Å². The molecule has 4 nitrogen and oxygen atoms in total. The predicted octanol–water partition coefficient (Wildman–Crippen LogP) is 3.15. The molecule has 0 fully saturated rings. The van der Waals surface area contributed by atoms with Crippen LogP contribution < -0.4 is 11.1 Å². The van der Waals surface area contributed by atoms with Crippen molar-refractivity contribution in [2.24, 2.45) is 7.05 Å². The molecule has 4 rings (SSSR count). The highest BCUT2D eigenvalue weighted by Crippen LogP contribution is 2.19. The Labute approximate surface area is 138 Å². The standard InChI is InChI=1S/C20H16N2O2/c1-13-12-22(20(24)17-6-4-3-5-16(13)17)15-8-9-18-14(11-15)7-10-19(23)21(18)2/h3-12H,1-2H3. The number of benzene rings is 2. The lowest BCUT2D eigenvalue weighted by atomic mass is 10.1. The third-order valence-electron chi connectivity index (χ3n) is 4.51. The summed E-state index contributed by atoms with van der Waals surface area (Å²) in [5, 5.41) is 2.60. The van der Waals surface area contributed by atoms with Gasteiger partial charge in [0.15, 0.2) is 0 Å². The minimum absolute atomic E-state index is 0.0413. The molecular formula is C20H16N2O2. The van der Waals surface area contributed by atoms with E-state index in [1.165, 1.54) is 0 Å². The highest BCUT2D eigenvalue weighted by atomic mass is 16.1. The summed E-state index contributed by atoms with van der Waals surface area (Å²) in [5.74, 6) is 0. The summed E-state index contributed by atoms with van der Waals surface area (Å²) in [6.45, 7) is 2.00. The van der Waals surface area contributed by atoms with E-state index < -0.39 is 0 Å². The fourth-order valence-electron chi connectivity index (χ4n) is 3.18. The SMILES string of the molecule is Cc1cn(-c2ccc3c(ccc(=O)n3C)c2)c(=O)c2ccccc12. The summed E-state index contributed by atoms with van der Waals surface area (Å²) < 4.78 is 3.27. The summed E-state index contributed by atoms with van der Waals surface area (Å²) in [6, 6.07) is 16.7. The van der Waals surface area contributed by atoms with Crippen molar-refractivity contribution in [3.8, 4) is 5.69 Å². The van der Waals surface area contributed by atoms with Gasteiger partial charge in [0.05, 0.1) is 5.52 Å². The van der Waals surface area contributed by atoms with E-state index in [0.29, 0.717) is 5.39 Å². The number of hydrogen-bond acceptors (Lipinski definition) is 2. The molecule has 0 amide bonds. The zero-order chi connectivity index (χ0) is 16.8. The molecule has 4 aromatic rings. The molecule has 0 bridgehead atoms. The average Bonchev–Trinajstić information content (AvgIpc) is 2.61. The first-order valence-corrected chi connectivity index (χ1v) is 7.77. The van der Waals surface area contributed by atoms with E-state index in [-0.39, 0.29) is 11.1 Å². The second-order valence-electron chi connectivity index (χ2n) is 6.01. The van der Waals surface area contributed by atoms with Crippen molar-refractivity contribution in [1.29, 1.82) is 0 Å². The van der Waals surface area contributed by atoms with Gasteiger partial charge in [0.1, 0.15) is 0 Å². The average molecular weight is 316 g/mol. The second kappa shape index (κ2) is 5.20. The quantitative estimate of drug-likeness (QED) is 0.541. The molecule has 0 N–H and O–H groups in total. The van der Waals surface area contributed by atoms with Crippen LogP contribution in [0.1, 0.15) is 5.56 Å². The van der Waals surface area contributed by atoms with Crippen LogP contribution in [0.4, 0.5) is 0 Å². The van der Waals surface area contributed by atoms with Crippen molar-refractivity contribution >= 4 is 21.7 Å². The molecule has 4 heteroatoms. The zero-order valence-corrected chi connectivity index (χ0v) is 13.5. The zero-order valence-electron chi connectivity index (χ0n) is 13.5. The highest BCUT2D eigenvalue weighted by Gasteiger charge is 2.08. The minimum atomic E-state index is -0.0473. The Morgan fingerprint density at radius 3 is 2.42 bits per heavy atom. The molecule has 0 atom stereocenters. The van der Waals surface area contributed by atoms with Gasteiger partial charge in [0.25, 0.3) is 11.1 Å². The molecule has 0 unspecified atom stereocenters. The van der Waals surface area contributed by atoms with Gasteiger partial charge in [0, 0.05) is 35.8 Å². The minimum Gasteiger partial charge on any atom is -0.311 e. The van der Waals surface area contributed by atoms with Gasteiger partial charge in [0.2, 0.25) is 0 Å². The Morgan fingerprint density at radius 1 is 0.875 bits per heavy atom. The van der Waals surface area contributed by atoms with Crippen LogP contribution >= 0.6 is 0 Å². The molecule has 0 aliphatic carbocycles. The van der Waals surface area contributed by atoms with Crippen LogP contribution in [-0.4, -0.2) is 9.13 Å². The van der Waals surface area contributed by atoms with E-state index in [1.807, 2.05) is 55.6 Å². The number of pyridine rings is 2. The summed E-state index contributed by atoms with van der Waals surface area (Å²) in [5.41, 5.74) is 2.59. The molecule has 24 heavy (non-hydrogen) atoms. The number of fused-ring (bicyclic) bond motifs is 2. The first kappa shape index (κ1) is 14.5. The van der Waals surface area contributed by atoms with Gasteiger partial charge in [-0.15, -0.1) is 0 Å². The monoisotopic (exact) mass is 316 g/mol. The first-order valence-electron chi connectivity index (χ1n) is 7.77. The van der Waals surface area contributed by atoms with E-state index in [9.17, 15) is 9.59 Å². The topological polar surface area (TPSA) is 44.0 Å². The lowest BCUT2D eigenvalue weighted by Crippen LogP contribution is -2.19. The van der Waals surface area contributed by atoms with Crippen molar-refractivity contribution in [2.75, 3.05) is 0 Å². The molecule has 0 aliphatic heterocycles. The van der Waals surface area contributed by atoms with E-state index in [0.717, 1.165) is 27.5 Å². The van der Waals surface area contributed by atoms with Crippen LogP contribution in [0.25, 0.3) is 27.4 Å². The molecule has 2 aromatic heterocycles. The molecule has 0 spiro atoms. The van der Waals surface area contributed by atoms with Crippen molar-refractivity contribution in [2.45, 2.75) is 6.92 Å². The normalized spacial score (nSPS) is 11.2. The Morgan fingerprint density at radius 2 is 1.62 bits per heavy atom. The van der Waals surface area contributed by atoms with E-state index >= 15 is 0 Å². The fraction of sp³-hybridized carbons (Fsp3) is 0.100. The third kappa shape index (κ3) is 2.07. The number of aryl methyl sites for hydroxylation is 2. The van der Waals surface area contributed by atoms with Crippen molar-refractivity contribution in [1.82, 2.24) is 9.13 Å². The molecule has 2 aromatic carbocycles. The van der Waals surface area contributed by atoms with Crippen LogP contribution in [0.5, 0.6) is 0 Å². The Hall–Kier alpha value is -3.14. The molecule has 0 saturated heterocycles. The van der Waals surface area contributed by atoms with Gasteiger partial charge < -0.3 is 4.57 Å². The smallest absolute Gasteiger partial charge is 0.262 e. The first-order chi connectivity index (χ1) is 11.6. The highest BCUT2D eigenvalue weighted by molar-refractivity contribution is 5.85. The summed E-state index contributed by atoms with van der Waals surface area (Å²) >= 11 is 0. The predicted molar refractivity (Wildman–Crippen MR) is 97.0 cm³/mol. The summed E-state index contributed by atoms with van der Waals surface area (Å²) in [7, 11) is 1.75. The van der Waals surface area contributed by atoms with Gasteiger partial charge in [-0.3, -0.25) is 14.2 Å². The fourth-order valence-corrected chi connectivity index (χ4v) is 3.18. The van der Waals surface area contributed by atoms with Gasteiger partial charge in [-0.2, -0.15) is 0 Å². The van der Waals surface area contributed by atoms with Crippen LogP contribution in [0.3, 0.4) is 0 Å². The maximum atomic E-state index is 12.8. The van der Waals surface area contributed by atoms with Gasteiger partial charge in [-0.25, -0.2) is 0 Å². The molecule has 2 heterocycles. The third-order valence-corrected chi connectivity index (χ3v) is 4.51. The Bertz CT molecular complexity index is 1220. The molecule has 0 aliphatic rings. The lowest BCUT2D eigenvalue weighted by molar-refractivity contribution is 0.905. The molecule has 118 valence electrons. The maximum Gasteiger partial charge on any atom is 0.262 e. The van der Waals surface area contributed by atoms with Gasteiger partial charge in [-0.1, -0.05) is 18.2 Å². The van der Waals surface area contributed by atoms with Crippen LogP contribution in [0, 0.1) is 6.92 Å². The number of nitrogens with zero attached hydrogens (tertiary/aromatic N) is 2. The van der Waals surface area contributed by atoms with Crippen molar-refractivity contribution in [3.63, 3.8) is 0 Å².